The molecule has 1 saturated heterocycles. The van der Waals surface area contributed by atoms with Crippen LogP contribution < -0.4 is 0 Å². The first-order valence-electron chi connectivity index (χ1n) is 6.30. The number of benzene rings is 1. The molecule has 2 aromatic rings. The van der Waals surface area contributed by atoms with Crippen molar-refractivity contribution in [1.29, 1.82) is 0 Å². The monoisotopic (exact) mass is 317 g/mol. The van der Waals surface area contributed by atoms with Gasteiger partial charge in [-0.1, -0.05) is 6.07 Å². The highest BCUT2D eigenvalue weighted by molar-refractivity contribution is 8.14. The molecule has 0 aliphatic carbocycles. The van der Waals surface area contributed by atoms with E-state index >= 15 is 0 Å². The maximum Gasteiger partial charge on any atom is 0.263 e. The van der Waals surface area contributed by atoms with Gasteiger partial charge in [-0.05, 0) is 25.0 Å². The molecule has 4 nitrogen and oxygen atoms in total. The second-order valence-electron chi connectivity index (χ2n) is 4.85. The SMILES string of the molecule is O=S(=O)(Cl)c1cn(CC2CCCO2)c2cccc(F)c12. The van der Waals surface area contributed by atoms with Crippen LogP contribution >= 0.6 is 10.7 Å². The number of fused-ring (bicyclic) bond motifs is 1. The molecule has 1 aromatic heterocycles. The molecule has 20 heavy (non-hydrogen) atoms. The van der Waals surface area contributed by atoms with E-state index in [9.17, 15) is 12.8 Å². The molecule has 108 valence electrons. The van der Waals surface area contributed by atoms with Crippen molar-refractivity contribution < 1.29 is 17.5 Å². The van der Waals surface area contributed by atoms with E-state index in [0.29, 0.717) is 18.7 Å². The van der Waals surface area contributed by atoms with Crippen molar-refractivity contribution in [2.75, 3.05) is 6.61 Å². The van der Waals surface area contributed by atoms with E-state index in [1.807, 2.05) is 0 Å². The Hall–Kier alpha value is -1.11. The molecule has 0 amide bonds. The molecule has 0 spiro atoms. The molecule has 1 fully saturated rings. The zero-order valence-corrected chi connectivity index (χ0v) is 12.1. The molecule has 1 aliphatic heterocycles. The summed E-state index contributed by atoms with van der Waals surface area (Å²) >= 11 is 0. The van der Waals surface area contributed by atoms with Gasteiger partial charge < -0.3 is 9.30 Å². The number of hydrogen-bond donors (Lipinski definition) is 0. The molecular weight excluding hydrogens is 305 g/mol. The summed E-state index contributed by atoms with van der Waals surface area (Å²) in [6.07, 6.45) is 3.31. The summed E-state index contributed by atoms with van der Waals surface area (Å²) in [7, 11) is 1.41. The van der Waals surface area contributed by atoms with Gasteiger partial charge in [-0.25, -0.2) is 12.8 Å². The summed E-state index contributed by atoms with van der Waals surface area (Å²) in [6, 6.07) is 4.46. The van der Waals surface area contributed by atoms with Gasteiger partial charge in [-0.2, -0.15) is 0 Å². The normalized spacial score (nSPS) is 19.8. The zero-order chi connectivity index (χ0) is 14.3. The molecule has 0 N–H and O–H groups in total. The fourth-order valence-electron chi connectivity index (χ4n) is 2.62. The second-order valence-corrected chi connectivity index (χ2v) is 7.39. The smallest absolute Gasteiger partial charge is 0.263 e. The first kappa shape index (κ1) is 13.9. The fourth-order valence-corrected chi connectivity index (χ4v) is 3.67. The predicted molar refractivity (Wildman–Crippen MR) is 73.9 cm³/mol. The van der Waals surface area contributed by atoms with Crippen molar-refractivity contribution in [3.63, 3.8) is 0 Å². The Morgan fingerprint density at radius 3 is 2.90 bits per heavy atom. The Balaban J connectivity index is 2.15. The van der Waals surface area contributed by atoms with Crippen molar-refractivity contribution >= 4 is 30.6 Å². The molecule has 0 saturated carbocycles. The van der Waals surface area contributed by atoms with Gasteiger partial charge >= 0.3 is 0 Å². The molecule has 1 unspecified atom stereocenters. The number of aromatic nitrogens is 1. The van der Waals surface area contributed by atoms with Crippen LogP contribution in [0.1, 0.15) is 12.8 Å². The van der Waals surface area contributed by atoms with Crippen LogP contribution in [0, 0.1) is 5.82 Å². The van der Waals surface area contributed by atoms with Gasteiger partial charge in [0.15, 0.2) is 0 Å². The fraction of sp³-hybridized carbons (Fsp3) is 0.385. The second kappa shape index (κ2) is 5.02. The van der Waals surface area contributed by atoms with Crippen LogP contribution in [0.25, 0.3) is 10.9 Å². The highest BCUT2D eigenvalue weighted by Gasteiger charge is 2.24. The molecule has 1 aromatic carbocycles. The summed E-state index contributed by atoms with van der Waals surface area (Å²) in [5.74, 6) is -0.590. The average molecular weight is 318 g/mol. The van der Waals surface area contributed by atoms with Gasteiger partial charge in [-0.15, -0.1) is 0 Å². The number of ether oxygens (including phenoxy) is 1. The van der Waals surface area contributed by atoms with Crippen LogP contribution in [0.5, 0.6) is 0 Å². The third kappa shape index (κ3) is 2.43. The highest BCUT2D eigenvalue weighted by Crippen LogP contribution is 2.31. The van der Waals surface area contributed by atoms with Crippen LogP contribution in [0.15, 0.2) is 29.3 Å². The molecule has 7 heteroatoms. The number of rotatable bonds is 3. The minimum absolute atomic E-state index is 0.0275. The lowest BCUT2D eigenvalue weighted by Crippen LogP contribution is -2.14. The van der Waals surface area contributed by atoms with Crippen molar-refractivity contribution in [3.05, 3.63) is 30.2 Å². The Bertz CT molecular complexity index is 750. The standard InChI is InChI=1S/C13H13ClFNO3S/c14-20(17,18)12-8-16(7-9-3-2-6-19-9)11-5-1-4-10(15)13(11)12/h1,4-5,8-9H,2-3,6-7H2. The summed E-state index contributed by atoms with van der Waals surface area (Å²) < 4.78 is 44.4. The minimum Gasteiger partial charge on any atom is -0.376 e. The Kier molecular flexibility index (Phi) is 3.48. The van der Waals surface area contributed by atoms with E-state index < -0.39 is 14.9 Å². The minimum atomic E-state index is -3.99. The molecule has 0 bridgehead atoms. The quantitative estimate of drug-likeness (QED) is 0.818. The van der Waals surface area contributed by atoms with E-state index in [1.54, 1.807) is 16.7 Å². The summed E-state index contributed by atoms with van der Waals surface area (Å²) in [6.45, 7) is 1.20. The third-order valence-corrected chi connectivity index (χ3v) is 4.84. The van der Waals surface area contributed by atoms with Crippen LogP contribution in [-0.2, 0) is 20.3 Å². The molecular formula is C13H13ClFNO3S. The van der Waals surface area contributed by atoms with Gasteiger partial charge in [0.2, 0.25) is 0 Å². The van der Waals surface area contributed by atoms with Crippen LogP contribution in [0.2, 0.25) is 0 Å². The maximum atomic E-state index is 13.9. The van der Waals surface area contributed by atoms with Crippen LogP contribution in [-0.4, -0.2) is 25.7 Å². The first-order chi connectivity index (χ1) is 9.47. The molecule has 2 heterocycles. The molecule has 1 atom stereocenters. The van der Waals surface area contributed by atoms with Gasteiger partial charge in [-0.3, -0.25) is 0 Å². The summed E-state index contributed by atoms with van der Waals surface area (Å²) in [4.78, 5) is -0.190. The lowest BCUT2D eigenvalue weighted by molar-refractivity contribution is 0.0979. The Labute approximate surface area is 120 Å². The molecule has 0 radical (unpaired) electrons. The molecule has 1 aliphatic rings. The number of hydrogen-bond acceptors (Lipinski definition) is 3. The van der Waals surface area contributed by atoms with Crippen molar-refractivity contribution in [3.8, 4) is 0 Å². The predicted octanol–water partition coefficient (Wildman–Crippen LogP) is 2.89. The van der Waals surface area contributed by atoms with Crippen LogP contribution in [0.3, 0.4) is 0 Å². The van der Waals surface area contributed by atoms with E-state index in [4.69, 9.17) is 15.4 Å². The van der Waals surface area contributed by atoms with Crippen molar-refractivity contribution in [2.24, 2.45) is 0 Å². The Morgan fingerprint density at radius 2 is 2.25 bits per heavy atom. The first-order valence-corrected chi connectivity index (χ1v) is 8.61. The van der Waals surface area contributed by atoms with Gasteiger partial charge in [0.25, 0.3) is 9.05 Å². The zero-order valence-electron chi connectivity index (χ0n) is 10.6. The third-order valence-electron chi connectivity index (χ3n) is 3.51. The number of nitrogens with zero attached hydrogens (tertiary/aromatic N) is 1. The highest BCUT2D eigenvalue weighted by atomic mass is 35.7. The van der Waals surface area contributed by atoms with Crippen molar-refractivity contribution in [1.82, 2.24) is 4.57 Å². The summed E-state index contributed by atoms with van der Waals surface area (Å²) in [5, 5.41) is 0.0421. The van der Waals surface area contributed by atoms with E-state index in [-0.39, 0.29) is 16.4 Å². The van der Waals surface area contributed by atoms with E-state index in [1.165, 1.54) is 12.3 Å². The van der Waals surface area contributed by atoms with E-state index in [2.05, 4.69) is 0 Å². The average Bonchev–Trinajstić information content (AvgIpc) is 2.98. The van der Waals surface area contributed by atoms with Gasteiger partial charge in [0.1, 0.15) is 10.7 Å². The maximum absolute atomic E-state index is 13.9. The molecule has 3 rings (SSSR count). The van der Waals surface area contributed by atoms with Crippen molar-refractivity contribution in [2.45, 2.75) is 30.4 Å². The Morgan fingerprint density at radius 1 is 1.45 bits per heavy atom. The van der Waals surface area contributed by atoms with E-state index in [0.717, 1.165) is 12.8 Å². The topological polar surface area (TPSA) is 48.3 Å². The largest absolute Gasteiger partial charge is 0.376 e. The summed E-state index contributed by atoms with van der Waals surface area (Å²) in [5.41, 5.74) is 0.514. The van der Waals surface area contributed by atoms with Gasteiger partial charge in [0.05, 0.1) is 17.0 Å². The number of halogens is 2. The van der Waals surface area contributed by atoms with Gasteiger partial charge in [0, 0.05) is 30.0 Å². The van der Waals surface area contributed by atoms with Crippen LogP contribution in [0.4, 0.5) is 4.39 Å². The lowest BCUT2D eigenvalue weighted by Gasteiger charge is -2.11. The lowest BCUT2D eigenvalue weighted by atomic mass is 10.2.